The van der Waals surface area contributed by atoms with Crippen LogP contribution in [0.3, 0.4) is 0 Å². The Morgan fingerprint density at radius 1 is 0.955 bits per heavy atom. The van der Waals surface area contributed by atoms with Crippen molar-refractivity contribution in [3.05, 3.63) is 59.4 Å². The summed E-state index contributed by atoms with van der Waals surface area (Å²) in [5.74, 6) is 0.333. The van der Waals surface area contributed by atoms with Crippen LogP contribution in [-0.2, 0) is 6.18 Å². The zero-order valence-electron chi connectivity index (χ0n) is 10.9. The number of alkyl halides is 3. The molecule has 0 amide bonds. The molecule has 112 valence electrons. The highest BCUT2D eigenvalue weighted by Gasteiger charge is 2.33. The number of nitrogens with zero attached hydrogens (tertiary/aromatic N) is 2. The monoisotopic (exact) mass is 324 g/mol. The van der Waals surface area contributed by atoms with Crippen LogP contribution in [0.1, 0.15) is 5.69 Å². The number of benzene rings is 2. The molecule has 22 heavy (non-hydrogen) atoms. The molecule has 1 heterocycles. The molecule has 0 aliphatic heterocycles. The molecule has 0 spiro atoms. The fourth-order valence-electron chi connectivity index (χ4n) is 1.97. The van der Waals surface area contributed by atoms with Crippen LogP contribution in [0.5, 0.6) is 11.8 Å². The first-order chi connectivity index (χ1) is 10.4. The maximum absolute atomic E-state index is 12.6. The molecule has 7 heteroatoms. The number of aromatic nitrogens is 2. The van der Waals surface area contributed by atoms with Gasteiger partial charge in [-0.15, -0.1) is 0 Å². The van der Waals surface area contributed by atoms with Gasteiger partial charge >= 0.3 is 12.2 Å². The number of fused-ring (bicyclic) bond motifs is 1. The topological polar surface area (TPSA) is 35.0 Å². The molecule has 0 unspecified atom stereocenters. The van der Waals surface area contributed by atoms with Crippen molar-refractivity contribution in [2.45, 2.75) is 6.18 Å². The van der Waals surface area contributed by atoms with Gasteiger partial charge in [0.25, 0.3) is 0 Å². The lowest BCUT2D eigenvalue weighted by atomic mass is 10.1. The smallest absolute Gasteiger partial charge is 0.424 e. The molecular weight excluding hydrogens is 317 g/mol. The van der Waals surface area contributed by atoms with E-state index in [9.17, 15) is 13.2 Å². The second-order valence-electron chi connectivity index (χ2n) is 4.42. The summed E-state index contributed by atoms with van der Waals surface area (Å²) >= 11 is 6.08. The second kappa shape index (κ2) is 5.46. The third-order valence-electron chi connectivity index (χ3n) is 2.96. The van der Waals surface area contributed by atoms with Gasteiger partial charge in [-0.2, -0.15) is 18.2 Å². The van der Waals surface area contributed by atoms with Crippen LogP contribution in [0, 0.1) is 0 Å². The number of hydrogen-bond donors (Lipinski definition) is 0. The van der Waals surface area contributed by atoms with E-state index in [0.717, 1.165) is 17.6 Å². The Labute approximate surface area is 128 Å². The number of halogens is 4. The maximum atomic E-state index is 12.6. The van der Waals surface area contributed by atoms with E-state index in [4.69, 9.17) is 16.3 Å². The van der Waals surface area contributed by atoms with Crippen LogP contribution >= 0.6 is 11.6 Å². The quantitative estimate of drug-likeness (QED) is 0.658. The van der Waals surface area contributed by atoms with Gasteiger partial charge < -0.3 is 4.74 Å². The van der Waals surface area contributed by atoms with Gasteiger partial charge in [0.1, 0.15) is 5.75 Å². The molecule has 0 radical (unpaired) electrons. The summed E-state index contributed by atoms with van der Waals surface area (Å²) < 4.78 is 43.3. The van der Waals surface area contributed by atoms with Gasteiger partial charge in [0.2, 0.25) is 0 Å². The Bertz CT molecular complexity index is 836. The van der Waals surface area contributed by atoms with Crippen molar-refractivity contribution in [1.29, 1.82) is 0 Å². The highest BCUT2D eigenvalue weighted by atomic mass is 35.5. The number of ether oxygens (including phenoxy) is 1. The Morgan fingerprint density at radius 2 is 1.68 bits per heavy atom. The first-order valence-electron chi connectivity index (χ1n) is 6.20. The van der Waals surface area contributed by atoms with Crippen molar-refractivity contribution < 1.29 is 17.9 Å². The van der Waals surface area contributed by atoms with Gasteiger partial charge in [0.05, 0.1) is 0 Å². The Morgan fingerprint density at radius 3 is 2.41 bits per heavy atom. The standard InChI is InChI=1S/C15H8ClF3N2O/c16-11-5-6-12(10-4-2-1-3-9(10)11)22-14-20-8-7-13(21-14)15(17,18)19/h1-8H. The summed E-state index contributed by atoms with van der Waals surface area (Å²) in [6, 6.07) is 10.7. The molecule has 3 nitrogen and oxygen atoms in total. The minimum Gasteiger partial charge on any atom is -0.424 e. The molecule has 0 saturated heterocycles. The van der Waals surface area contributed by atoms with Crippen molar-refractivity contribution in [2.75, 3.05) is 0 Å². The van der Waals surface area contributed by atoms with Gasteiger partial charge in [-0.1, -0.05) is 35.9 Å². The van der Waals surface area contributed by atoms with E-state index < -0.39 is 11.9 Å². The van der Waals surface area contributed by atoms with E-state index in [1.807, 2.05) is 0 Å². The summed E-state index contributed by atoms with van der Waals surface area (Å²) in [4.78, 5) is 7.09. The lowest BCUT2D eigenvalue weighted by Gasteiger charge is -2.10. The first-order valence-corrected chi connectivity index (χ1v) is 6.58. The highest BCUT2D eigenvalue weighted by molar-refractivity contribution is 6.35. The molecule has 0 bridgehead atoms. The van der Waals surface area contributed by atoms with E-state index in [1.165, 1.54) is 0 Å². The zero-order chi connectivity index (χ0) is 15.7. The van der Waals surface area contributed by atoms with E-state index in [2.05, 4.69) is 9.97 Å². The van der Waals surface area contributed by atoms with Crippen molar-refractivity contribution in [3.63, 3.8) is 0 Å². The fourth-order valence-corrected chi connectivity index (χ4v) is 2.20. The molecule has 0 aliphatic rings. The summed E-state index contributed by atoms with van der Waals surface area (Å²) in [5.41, 5.74) is -1.06. The third kappa shape index (κ3) is 2.82. The number of rotatable bonds is 2. The Hall–Kier alpha value is -2.34. The maximum Gasteiger partial charge on any atom is 0.433 e. The first kappa shape index (κ1) is 14.6. The van der Waals surface area contributed by atoms with E-state index in [-0.39, 0.29) is 6.01 Å². The van der Waals surface area contributed by atoms with Gasteiger partial charge in [-0.3, -0.25) is 0 Å². The zero-order valence-corrected chi connectivity index (χ0v) is 11.7. The summed E-state index contributed by atoms with van der Waals surface area (Å²) in [5, 5.41) is 1.91. The summed E-state index contributed by atoms with van der Waals surface area (Å²) in [7, 11) is 0. The van der Waals surface area contributed by atoms with Crippen molar-refractivity contribution >= 4 is 22.4 Å². The lowest BCUT2D eigenvalue weighted by molar-refractivity contribution is -0.141. The van der Waals surface area contributed by atoms with E-state index >= 15 is 0 Å². The molecular formula is C15H8ClF3N2O. The van der Waals surface area contributed by atoms with Gasteiger partial charge in [0, 0.05) is 22.0 Å². The van der Waals surface area contributed by atoms with Crippen molar-refractivity contribution in [1.82, 2.24) is 9.97 Å². The largest absolute Gasteiger partial charge is 0.433 e. The number of hydrogen-bond acceptors (Lipinski definition) is 3. The van der Waals surface area contributed by atoms with Gasteiger partial charge in [-0.05, 0) is 18.2 Å². The minimum absolute atomic E-state index is 0.333. The molecule has 0 aliphatic carbocycles. The molecule has 0 saturated carbocycles. The average molecular weight is 325 g/mol. The molecule has 3 rings (SSSR count). The van der Waals surface area contributed by atoms with Crippen molar-refractivity contribution in [2.24, 2.45) is 0 Å². The third-order valence-corrected chi connectivity index (χ3v) is 3.29. The molecule has 1 aromatic heterocycles. The fraction of sp³-hybridized carbons (Fsp3) is 0.0667. The van der Waals surface area contributed by atoms with Crippen LogP contribution in [0.4, 0.5) is 13.2 Å². The summed E-state index contributed by atoms with van der Waals surface area (Å²) in [6.07, 6.45) is -3.55. The molecule has 0 fully saturated rings. The Balaban J connectivity index is 2.03. The summed E-state index contributed by atoms with van der Waals surface area (Å²) in [6.45, 7) is 0. The Kier molecular flexibility index (Phi) is 3.62. The molecule has 3 aromatic rings. The van der Waals surface area contributed by atoms with E-state index in [0.29, 0.717) is 16.2 Å². The van der Waals surface area contributed by atoms with Crippen LogP contribution in [-0.4, -0.2) is 9.97 Å². The average Bonchev–Trinajstić information content (AvgIpc) is 2.50. The normalized spacial score (nSPS) is 11.6. The highest BCUT2D eigenvalue weighted by Crippen LogP contribution is 2.34. The van der Waals surface area contributed by atoms with Crippen molar-refractivity contribution in [3.8, 4) is 11.8 Å². The van der Waals surface area contributed by atoms with Crippen LogP contribution in [0.15, 0.2) is 48.7 Å². The van der Waals surface area contributed by atoms with Crippen LogP contribution in [0.25, 0.3) is 10.8 Å². The van der Waals surface area contributed by atoms with Gasteiger partial charge in [-0.25, -0.2) is 4.98 Å². The van der Waals surface area contributed by atoms with Crippen LogP contribution in [0.2, 0.25) is 5.02 Å². The SMILES string of the molecule is FC(F)(F)c1ccnc(Oc2ccc(Cl)c3ccccc23)n1. The molecule has 0 atom stereocenters. The lowest BCUT2D eigenvalue weighted by Crippen LogP contribution is -2.08. The molecule has 0 N–H and O–H groups in total. The second-order valence-corrected chi connectivity index (χ2v) is 4.82. The van der Waals surface area contributed by atoms with Crippen LogP contribution < -0.4 is 4.74 Å². The predicted octanol–water partition coefficient (Wildman–Crippen LogP) is 5.09. The van der Waals surface area contributed by atoms with Gasteiger partial charge in [0.15, 0.2) is 5.69 Å². The molecule has 2 aromatic carbocycles. The van der Waals surface area contributed by atoms with E-state index in [1.54, 1.807) is 36.4 Å². The predicted molar refractivity (Wildman–Crippen MR) is 76.1 cm³/mol. The minimum atomic E-state index is -4.55.